The summed E-state index contributed by atoms with van der Waals surface area (Å²) in [6.07, 6.45) is 1.53. The van der Waals surface area contributed by atoms with E-state index in [1.807, 2.05) is 0 Å². The molecule has 4 heteroatoms. The van der Waals surface area contributed by atoms with Crippen LogP contribution < -0.4 is 5.73 Å². The van der Waals surface area contributed by atoms with Gasteiger partial charge in [0.1, 0.15) is 6.61 Å². The van der Waals surface area contributed by atoms with Crippen LogP contribution in [0.4, 0.5) is 0 Å². The van der Waals surface area contributed by atoms with Gasteiger partial charge in [0.25, 0.3) is 0 Å². The van der Waals surface area contributed by atoms with Gasteiger partial charge in [-0.25, -0.2) is 0 Å². The lowest BCUT2D eigenvalue weighted by molar-refractivity contribution is -0.139. The molecule has 0 bridgehead atoms. The first-order chi connectivity index (χ1) is 5.91. The molecule has 4 nitrogen and oxygen atoms in total. The summed E-state index contributed by atoms with van der Waals surface area (Å²) in [5.74, 6) is -0.699. The molecule has 0 spiro atoms. The van der Waals surface area contributed by atoms with E-state index in [9.17, 15) is 9.59 Å². The second-order valence-corrected chi connectivity index (χ2v) is 2.24. The van der Waals surface area contributed by atoms with Crippen molar-refractivity contribution in [3.63, 3.8) is 0 Å². The van der Waals surface area contributed by atoms with Gasteiger partial charge in [0.2, 0.25) is 5.91 Å². The lowest BCUT2D eigenvalue weighted by Crippen LogP contribution is -2.10. The molecule has 1 amide bonds. The predicted molar refractivity (Wildman–Crippen MR) is 50.8 cm³/mol. The minimum atomic E-state index is -0.435. The van der Waals surface area contributed by atoms with Gasteiger partial charge < -0.3 is 10.5 Å². The summed E-state index contributed by atoms with van der Waals surface area (Å²) in [5.41, 5.74) is 5.09. The maximum atomic E-state index is 9.93. The third-order valence-electron chi connectivity index (χ3n) is 0.825. The van der Waals surface area contributed by atoms with Gasteiger partial charge >= 0.3 is 5.97 Å². The van der Waals surface area contributed by atoms with Crippen molar-refractivity contribution in [2.75, 3.05) is 6.61 Å². The van der Waals surface area contributed by atoms with Crippen molar-refractivity contribution in [3.05, 3.63) is 24.8 Å². The maximum Gasteiger partial charge on any atom is 0.302 e. The molecule has 0 aliphatic rings. The molecule has 0 atom stereocenters. The summed E-state index contributed by atoms with van der Waals surface area (Å²) in [7, 11) is 0. The van der Waals surface area contributed by atoms with E-state index >= 15 is 0 Å². The lowest BCUT2D eigenvalue weighted by atomic mass is 10.3. The Morgan fingerprint density at radius 1 is 1.46 bits per heavy atom. The molecule has 0 saturated carbocycles. The number of esters is 1. The van der Waals surface area contributed by atoms with Gasteiger partial charge in [0.15, 0.2) is 0 Å². The molecule has 0 rings (SSSR count). The average Bonchev–Trinajstić information content (AvgIpc) is 2.01. The fourth-order valence-corrected chi connectivity index (χ4v) is 0.176. The first-order valence-electron chi connectivity index (χ1n) is 3.61. The zero-order valence-corrected chi connectivity index (χ0v) is 8.00. The topological polar surface area (TPSA) is 69.4 Å². The van der Waals surface area contributed by atoms with Gasteiger partial charge in [0.05, 0.1) is 0 Å². The maximum absolute atomic E-state index is 9.93. The fraction of sp³-hybridized carbons (Fsp3) is 0.333. The van der Waals surface area contributed by atoms with Gasteiger partial charge in [-0.15, -0.1) is 0 Å². The average molecular weight is 185 g/mol. The molecular weight excluding hydrogens is 170 g/mol. The van der Waals surface area contributed by atoms with Crippen LogP contribution in [0.2, 0.25) is 0 Å². The second kappa shape index (κ2) is 8.52. The minimum absolute atomic E-state index is 0.264. The molecule has 13 heavy (non-hydrogen) atoms. The Morgan fingerprint density at radius 2 is 1.85 bits per heavy atom. The van der Waals surface area contributed by atoms with Crippen molar-refractivity contribution in [2.24, 2.45) is 5.73 Å². The number of hydrogen-bond donors (Lipinski definition) is 1. The SMILES string of the molecule is C=C(C)C(N)=O.C=CCOC(C)=O. The zero-order valence-electron chi connectivity index (χ0n) is 8.00. The lowest BCUT2D eigenvalue weighted by Gasteiger charge is -1.90. The quantitative estimate of drug-likeness (QED) is 0.401. The van der Waals surface area contributed by atoms with Crippen LogP contribution in [0.3, 0.4) is 0 Å². The molecule has 0 unspecified atom stereocenters. The first kappa shape index (κ1) is 14.0. The predicted octanol–water partition coefficient (Wildman–Crippen LogP) is 0.783. The highest BCUT2D eigenvalue weighted by molar-refractivity contribution is 5.90. The van der Waals surface area contributed by atoms with Crippen molar-refractivity contribution in [1.82, 2.24) is 0 Å². The fourth-order valence-electron chi connectivity index (χ4n) is 0.176. The Hall–Kier alpha value is -1.58. The highest BCUT2D eigenvalue weighted by Crippen LogP contribution is 1.78. The molecule has 0 aromatic heterocycles. The molecule has 0 radical (unpaired) electrons. The van der Waals surface area contributed by atoms with Crippen LogP contribution in [-0.2, 0) is 14.3 Å². The molecule has 0 saturated heterocycles. The summed E-state index contributed by atoms with van der Waals surface area (Å²) in [6, 6.07) is 0. The van der Waals surface area contributed by atoms with Crippen LogP contribution in [0.25, 0.3) is 0 Å². The summed E-state index contributed by atoms with van der Waals surface area (Å²) < 4.78 is 4.43. The third-order valence-corrected chi connectivity index (χ3v) is 0.825. The number of hydrogen-bond acceptors (Lipinski definition) is 3. The normalized spacial score (nSPS) is 7.54. The Bertz CT molecular complexity index is 197. The molecule has 0 aromatic rings. The van der Waals surface area contributed by atoms with Crippen molar-refractivity contribution in [1.29, 1.82) is 0 Å². The van der Waals surface area contributed by atoms with E-state index in [2.05, 4.69) is 17.9 Å². The highest BCUT2D eigenvalue weighted by atomic mass is 16.5. The Morgan fingerprint density at radius 3 is 1.92 bits per heavy atom. The van der Waals surface area contributed by atoms with E-state index < -0.39 is 5.91 Å². The van der Waals surface area contributed by atoms with Gasteiger partial charge in [0, 0.05) is 12.5 Å². The Kier molecular flexibility index (Phi) is 9.15. The standard InChI is InChI=1S/C5H8O2.C4H7NO/c1-3-4-7-5(2)6;1-3(2)4(5)6/h3H,1,4H2,2H3;1H2,2H3,(H2,5,6). The van der Waals surface area contributed by atoms with Crippen molar-refractivity contribution >= 4 is 11.9 Å². The number of carbonyl (C=O) groups is 2. The zero-order chi connectivity index (χ0) is 10.9. The molecule has 0 heterocycles. The minimum Gasteiger partial charge on any atom is -0.462 e. The van der Waals surface area contributed by atoms with Crippen LogP contribution in [-0.4, -0.2) is 18.5 Å². The second-order valence-electron chi connectivity index (χ2n) is 2.24. The van der Waals surface area contributed by atoms with E-state index in [4.69, 9.17) is 5.73 Å². The molecule has 2 N–H and O–H groups in total. The monoisotopic (exact) mass is 185 g/mol. The van der Waals surface area contributed by atoms with E-state index in [1.54, 1.807) is 6.92 Å². The molecule has 0 aromatic carbocycles. The Labute approximate surface area is 78.1 Å². The number of amides is 1. The summed E-state index contributed by atoms with van der Waals surface area (Å²) >= 11 is 0. The van der Waals surface area contributed by atoms with Gasteiger partial charge in [-0.1, -0.05) is 19.2 Å². The number of ether oxygens (including phenoxy) is 1. The van der Waals surface area contributed by atoms with E-state index in [0.29, 0.717) is 12.2 Å². The van der Waals surface area contributed by atoms with Gasteiger partial charge in [-0.05, 0) is 6.92 Å². The van der Waals surface area contributed by atoms with E-state index in [0.717, 1.165) is 0 Å². The van der Waals surface area contributed by atoms with Crippen LogP contribution in [0.5, 0.6) is 0 Å². The summed E-state index contributed by atoms with van der Waals surface area (Å²) in [5, 5.41) is 0. The van der Waals surface area contributed by atoms with Crippen molar-refractivity contribution < 1.29 is 14.3 Å². The van der Waals surface area contributed by atoms with Crippen molar-refractivity contribution in [2.45, 2.75) is 13.8 Å². The molecule has 0 aliphatic carbocycles. The third kappa shape index (κ3) is 17.9. The van der Waals surface area contributed by atoms with Crippen LogP contribution in [0.1, 0.15) is 13.8 Å². The largest absolute Gasteiger partial charge is 0.462 e. The molecule has 0 aliphatic heterocycles. The van der Waals surface area contributed by atoms with E-state index in [-0.39, 0.29) is 5.97 Å². The van der Waals surface area contributed by atoms with Gasteiger partial charge in [-0.2, -0.15) is 0 Å². The molecule has 0 fully saturated rings. The van der Waals surface area contributed by atoms with E-state index in [1.165, 1.54) is 13.0 Å². The summed E-state index contributed by atoms with van der Waals surface area (Å²) in [6.45, 7) is 9.89. The molecule has 74 valence electrons. The number of carbonyl (C=O) groups excluding carboxylic acids is 2. The van der Waals surface area contributed by atoms with Gasteiger partial charge in [-0.3, -0.25) is 9.59 Å². The van der Waals surface area contributed by atoms with Crippen LogP contribution in [0, 0.1) is 0 Å². The first-order valence-corrected chi connectivity index (χ1v) is 3.61. The highest BCUT2D eigenvalue weighted by Gasteiger charge is 1.86. The Balaban J connectivity index is 0. The van der Waals surface area contributed by atoms with Crippen LogP contribution >= 0.6 is 0 Å². The number of rotatable bonds is 3. The van der Waals surface area contributed by atoms with Crippen LogP contribution in [0.15, 0.2) is 24.8 Å². The summed E-state index contributed by atoms with van der Waals surface area (Å²) in [4.78, 5) is 19.8. The molecular formula is C9H15NO3. The number of nitrogens with two attached hydrogens (primary N) is 1. The van der Waals surface area contributed by atoms with Crippen molar-refractivity contribution in [3.8, 4) is 0 Å². The number of primary amides is 1. The smallest absolute Gasteiger partial charge is 0.302 e.